The van der Waals surface area contributed by atoms with Gasteiger partial charge in [0.2, 0.25) is 0 Å². The lowest BCUT2D eigenvalue weighted by molar-refractivity contribution is 0.0637. The van der Waals surface area contributed by atoms with Gasteiger partial charge < -0.3 is 0 Å². The molecule has 0 nitrogen and oxygen atoms in total. The first-order valence-corrected chi connectivity index (χ1v) is 12.3. The minimum atomic E-state index is -0.546. The maximum Gasteiger partial charge on any atom is 0.100 e. The van der Waals surface area contributed by atoms with Crippen LogP contribution in [0.4, 0.5) is 4.39 Å². The van der Waals surface area contributed by atoms with Gasteiger partial charge in [0.1, 0.15) is 6.17 Å². The highest BCUT2D eigenvalue weighted by molar-refractivity contribution is 5.49. The Morgan fingerprint density at radius 2 is 1.82 bits per heavy atom. The normalized spacial score (nSPS) is 41.4. The molecule has 0 aliphatic heterocycles. The Morgan fingerprint density at radius 1 is 1.04 bits per heavy atom. The fourth-order valence-corrected chi connectivity index (χ4v) is 7.75. The molecular weight excluding hydrogens is 343 g/mol. The molecule has 4 aliphatic carbocycles. The van der Waals surface area contributed by atoms with Gasteiger partial charge in [-0.3, -0.25) is 0 Å². The van der Waals surface area contributed by atoms with Crippen molar-refractivity contribution in [1.29, 1.82) is 0 Å². The molecular formula is C27H43F. The van der Waals surface area contributed by atoms with E-state index in [9.17, 15) is 4.39 Å². The predicted octanol–water partition coefficient (Wildman–Crippen LogP) is 8.43. The van der Waals surface area contributed by atoms with Crippen LogP contribution in [-0.4, -0.2) is 6.17 Å². The molecule has 0 aromatic rings. The zero-order valence-corrected chi connectivity index (χ0v) is 19.1. The molecule has 1 saturated carbocycles. The zero-order valence-electron chi connectivity index (χ0n) is 19.1. The summed E-state index contributed by atoms with van der Waals surface area (Å²) in [4.78, 5) is 0. The number of alkyl halides is 1. The molecule has 6 atom stereocenters. The Morgan fingerprint density at radius 3 is 2.57 bits per heavy atom. The summed E-state index contributed by atoms with van der Waals surface area (Å²) in [6.45, 7) is 12.3. The lowest BCUT2D eigenvalue weighted by atomic mass is 9.51. The van der Waals surface area contributed by atoms with Crippen LogP contribution < -0.4 is 0 Å². The molecule has 0 bridgehead atoms. The van der Waals surface area contributed by atoms with Crippen LogP contribution in [-0.2, 0) is 0 Å². The second-order valence-corrected chi connectivity index (χ2v) is 11.7. The van der Waals surface area contributed by atoms with Crippen LogP contribution in [0.25, 0.3) is 0 Å². The summed E-state index contributed by atoms with van der Waals surface area (Å²) in [5, 5.41) is 0. The Labute approximate surface area is 173 Å². The first-order valence-electron chi connectivity index (χ1n) is 12.3. The minimum absolute atomic E-state index is 0.291. The van der Waals surface area contributed by atoms with E-state index in [1.165, 1.54) is 51.4 Å². The maximum absolute atomic E-state index is 14.1. The molecule has 0 aromatic carbocycles. The van der Waals surface area contributed by atoms with Gasteiger partial charge in [0, 0.05) is 0 Å². The van der Waals surface area contributed by atoms with E-state index in [-0.39, 0.29) is 0 Å². The van der Waals surface area contributed by atoms with Crippen molar-refractivity contribution in [3.05, 3.63) is 22.8 Å². The smallest absolute Gasteiger partial charge is 0.100 e. The van der Waals surface area contributed by atoms with E-state index in [0.29, 0.717) is 16.7 Å². The first-order chi connectivity index (χ1) is 13.3. The maximum atomic E-state index is 14.1. The average Bonchev–Trinajstić information content (AvgIpc) is 2.99. The van der Waals surface area contributed by atoms with Gasteiger partial charge in [-0.05, 0) is 97.0 Å². The van der Waals surface area contributed by atoms with Crippen molar-refractivity contribution in [3.63, 3.8) is 0 Å². The molecule has 4 rings (SSSR count). The second-order valence-electron chi connectivity index (χ2n) is 11.7. The van der Waals surface area contributed by atoms with Crippen molar-refractivity contribution < 1.29 is 4.39 Å². The number of fused-ring (bicyclic) bond motifs is 4. The van der Waals surface area contributed by atoms with Gasteiger partial charge in [-0.15, -0.1) is 0 Å². The molecule has 0 aromatic heterocycles. The largest absolute Gasteiger partial charge is 0.247 e. The van der Waals surface area contributed by atoms with Crippen molar-refractivity contribution in [2.45, 2.75) is 111 Å². The van der Waals surface area contributed by atoms with Crippen molar-refractivity contribution in [2.24, 2.45) is 34.5 Å². The lowest BCUT2D eigenvalue weighted by Gasteiger charge is -2.53. The monoisotopic (exact) mass is 386 g/mol. The Hall–Kier alpha value is -0.590. The molecule has 28 heavy (non-hydrogen) atoms. The van der Waals surface area contributed by atoms with Gasteiger partial charge in [-0.1, -0.05) is 65.5 Å². The molecule has 0 N–H and O–H groups in total. The summed E-state index contributed by atoms with van der Waals surface area (Å²) in [6, 6.07) is 0. The molecule has 1 heteroatoms. The summed E-state index contributed by atoms with van der Waals surface area (Å²) < 4.78 is 14.1. The molecule has 0 saturated heterocycles. The third-order valence-corrected chi connectivity index (χ3v) is 9.57. The molecule has 1 fully saturated rings. The zero-order chi connectivity index (χ0) is 20.1. The van der Waals surface area contributed by atoms with Gasteiger partial charge in [0.15, 0.2) is 0 Å². The van der Waals surface area contributed by atoms with Gasteiger partial charge in [-0.2, -0.15) is 0 Å². The van der Waals surface area contributed by atoms with Crippen molar-refractivity contribution in [2.75, 3.05) is 0 Å². The number of hydrogen-bond donors (Lipinski definition) is 0. The summed E-state index contributed by atoms with van der Waals surface area (Å²) in [5.74, 6) is 3.08. The van der Waals surface area contributed by atoms with Crippen molar-refractivity contribution in [3.8, 4) is 0 Å². The number of halogens is 1. The minimum Gasteiger partial charge on any atom is -0.247 e. The standard InChI is InChI=1S/C27H43F/c1-18(2)7-6-8-19(3)23-11-12-24-22-10-9-20-17-21(28)13-15-26(20,4)25(22)14-16-27(23,24)5/h12,18-21,23H,6-11,13-17H2,1-5H3/t19-,20+,21+,23-,26+,27-/m1/s1. The quantitative estimate of drug-likeness (QED) is 0.444. The Balaban J connectivity index is 1.54. The van der Waals surface area contributed by atoms with Gasteiger partial charge in [0.05, 0.1) is 0 Å². The number of allylic oxidation sites excluding steroid dienone is 4. The third kappa shape index (κ3) is 3.33. The van der Waals surface area contributed by atoms with Gasteiger partial charge in [0.25, 0.3) is 0 Å². The molecule has 0 radical (unpaired) electrons. The van der Waals surface area contributed by atoms with E-state index in [2.05, 4.69) is 40.7 Å². The van der Waals surface area contributed by atoms with E-state index < -0.39 is 6.17 Å². The highest BCUT2D eigenvalue weighted by Crippen LogP contribution is 2.64. The van der Waals surface area contributed by atoms with Crippen LogP contribution in [0.1, 0.15) is 105 Å². The van der Waals surface area contributed by atoms with Gasteiger partial charge in [-0.25, -0.2) is 4.39 Å². The summed E-state index contributed by atoms with van der Waals surface area (Å²) >= 11 is 0. The van der Waals surface area contributed by atoms with E-state index in [1.54, 1.807) is 16.7 Å². The Bertz CT molecular complexity index is 655. The van der Waals surface area contributed by atoms with Crippen LogP contribution in [0.15, 0.2) is 22.8 Å². The summed E-state index contributed by atoms with van der Waals surface area (Å²) in [5.41, 5.74) is 5.92. The highest BCUT2D eigenvalue weighted by Gasteiger charge is 2.52. The van der Waals surface area contributed by atoms with Gasteiger partial charge >= 0.3 is 0 Å². The molecule has 158 valence electrons. The molecule has 0 unspecified atom stereocenters. The fourth-order valence-electron chi connectivity index (χ4n) is 7.75. The molecule has 4 aliphatic rings. The fraction of sp³-hybridized carbons (Fsp3) is 0.852. The lowest BCUT2D eigenvalue weighted by Crippen LogP contribution is -2.43. The topological polar surface area (TPSA) is 0 Å². The van der Waals surface area contributed by atoms with Crippen molar-refractivity contribution >= 4 is 0 Å². The highest BCUT2D eigenvalue weighted by atomic mass is 19.1. The van der Waals surface area contributed by atoms with E-state index >= 15 is 0 Å². The van der Waals surface area contributed by atoms with Crippen LogP contribution >= 0.6 is 0 Å². The summed E-state index contributed by atoms with van der Waals surface area (Å²) in [6.07, 6.45) is 15.3. The van der Waals surface area contributed by atoms with Crippen LogP contribution in [0.3, 0.4) is 0 Å². The molecule has 0 heterocycles. The second kappa shape index (κ2) is 7.59. The molecule has 0 spiro atoms. The van der Waals surface area contributed by atoms with Crippen molar-refractivity contribution in [1.82, 2.24) is 0 Å². The third-order valence-electron chi connectivity index (χ3n) is 9.57. The summed E-state index contributed by atoms with van der Waals surface area (Å²) in [7, 11) is 0. The SMILES string of the molecule is CC(C)CCC[C@@H](C)[C@H]1CC=C2C3=C(CC[C@@]21C)[C@@]1(C)CC[C@H](F)C[C@@H]1CC3. The molecule has 0 amide bonds. The first kappa shape index (κ1) is 20.7. The van der Waals surface area contributed by atoms with Crippen LogP contribution in [0.5, 0.6) is 0 Å². The predicted molar refractivity (Wildman–Crippen MR) is 118 cm³/mol. The number of rotatable bonds is 5. The Kier molecular flexibility index (Phi) is 5.60. The van der Waals surface area contributed by atoms with E-state index in [1.807, 2.05) is 0 Å². The van der Waals surface area contributed by atoms with Crippen LogP contribution in [0.2, 0.25) is 0 Å². The average molecular weight is 387 g/mol. The van der Waals surface area contributed by atoms with Crippen LogP contribution in [0, 0.1) is 34.5 Å². The van der Waals surface area contributed by atoms with E-state index in [0.717, 1.165) is 37.0 Å². The van der Waals surface area contributed by atoms with E-state index in [4.69, 9.17) is 0 Å². The number of hydrogen-bond acceptors (Lipinski definition) is 0.